The Balaban J connectivity index is 1.48. The van der Waals surface area contributed by atoms with Crippen LogP contribution >= 0.6 is 11.6 Å². The smallest absolute Gasteiger partial charge is 0.255 e. The molecule has 1 aromatic carbocycles. The number of carbonyl (C=O) groups is 1. The average molecular weight is 393 g/mol. The molecular formula is C20H17ClN6O. The van der Waals surface area contributed by atoms with E-state index in [-0.39, 0.29) is 5.91 Å². The highest BCUT2D eigenvalue weighted by Crippen LogP contribution is 2.22. The first kappa shape index (κ1) is 17.9. The normalized spacial score (nSPS) is 10.8. The Kier molecular flexibility index (Phi) is 4.67. The van der Waals surface area contributed by atoms with Crippen LogP contribution in [0.4, 0.5) is 5.69 Å². The molecule has 0 spiro atoms. The van der Waals surface area contributed by atoms with Gasteiger partial charge in [-0.3, -0.25) is 4.79 Å². The summed E-state index contributed by atoms with van der Waals surface area (Å²) in [7, 11) is 0. The lowest BCUT2D eigenvalue weighted by atomic mass is 10.2. The summed E-state index contributed by atoms with van der Waals surface area (Å²) < 4.78 is 3.41. The minimum absolute atomic E-state index is 0.216. The fraction of sp³-hybridized carbons (Fsp3) is 0.100. The second-order valence-corrected chi connectivity index (χ2v) is 6.63. The molecule has 4 aromatic rings. The summed E-state index contributed by atoms with van der Waals surface area (Å²) in [6.07, 6.45) is 5.08. The van der Waals surface area contributed by atoms with Gasteiger partial charge in [0.25, 0.3) is 5.91 Å². The van der Waals surface area contributed by atoms with Crippen molar-refractivity contribution in [2.75, 3.05) is 5.32 Å². The van der Waals surface area contributed by atoms with Crippen molar-refractivity contribution in [3.8, 4) is 11.5 Å². The second kappa shape index (κ2) is 7.28. The first-order valence-electron chi connectivity index (χ1n) is 8.62. The minimum Gasteiger partial charge on any atom is -0.321 e. The van der Waals surface area contributed by atoms with Crippen LogP contribution < -0.4 is 5.32 Å². The number of aryl methyl sites for hydroxylation is 1. The number of hydrogen-bond donors (Lipinski definition) is 1. The Hall–Kier alpha value is -3.45. The number of aromatic nitrogens is 5. The van der Waals surface area contributed by atoms with Crippen molar-refractivity contribution >= 4 is 23.2 Å². The van der Waals surface area contributed by atoms with Crippen LogP contribution in [0.15, 0.2) is 61.1 Å². The predicted octanol–water partition coefficient (Wildman–Crippen LogP) is 3.98. The quantitative estimate of drug-likeness (QED) is 0.570. The molecule has 0 aliphatic heterocycles. The number of anilines is 1. The molecule has 4 rings (SSSR count). The third-order valence-electron chi connectivity index (χ3n) is 4.32. The van der Waals surface area contributed by atoms with Crippen molar-refractivity contribution in [3.63, 3.8) is 0 Å². The zero-order chi connectivity index (χ0) is 19.7. The summed E-state index contributed by atoms with van der Waals surface area (Å²) in [5.74, 6) is 0.461. The highest BCUT2D eigenvalue weighted by atomic mass is 35.5. The van der Waals surface area contributed by atoms with Crippen molar-refractivity contribution in [2.24, 2.45) is 0 Å². The number of nitrogens with one attached hydrogen (secondary N) is 1. The average Bonchev–Trinajstić information content (AvgIpc) is 3.34. The Labute approximate surface area is 166 Å². The van der Waals surface area contributed by atoms with Crippen LogP contribution in [0.5, 0.6) is 0 Å². The number of hydrogen-bond acceptors (Lipinski definition) is 4. The third kappa shape index (κ3) is 3.39. The maximum atomic E-state index is 12.5. The van der Waals surface area contributed by atoms with Crippen molar-refractivity contribution in [1.29, 1.82) is 0 Å². The maximum absolute atomic E-state index is 12.5. The Morgan fingerprint density at radius 3 is 2.46 bits per heavy atom. The molecule has 0 fully saturated rings. The SMILES string of the molecule is Cc1nn(-c2ccc(C(=O)Nc3ccc(-n4cccn4)nc3)cc2)c(C)c1Cl. The first-order valence-corrected chi connectivity index (χ1v) is 9.00. The molecule has 28 heavy (non-hydrogen) atoms. The lowest BCUT2D eigenvalue weighted by Crippen LogP contribution is -2.12. The van der Waals surface area contributed by atoms with Crippen molar-refractivity contribution < 1.29 is 4.79 Å². The van der Waals surface area contributed by atoms with Gasteiger partial charge in [0.05, 0.1) is 34.0 Å². The van der Waals surface area contributed by atoms with E-state index in [1.54, 1.807) is 52.2 Å². The molecule has 1 amide bonds. The molecule has 0 saturated carbocycles. The molecule has 1 N–H and O–H groups in total. The fourth-order valence-corrected chi connectivity index (χ4v) is 2.95. The number of carbonyl (C=O) groups excluding carboxylic acids is 1. The zero-order valence-corrected chi connectivity index (χ0v) is 16.1. The van der Waals surface area contributed by atoms with Crippen molar-refractivity contribution in [1.82, 2.24) is 24.5 Å². The van der Waals surface area contributed by atoms with E-state index in [1.807, 2.05) is 32.0 Å². The molecular weight excluding hydrogens is 376 g/mol. The molecule has 0 aliphatic carbocycles. The standard InChI is InChI=1S/C20H17ClN6O/c1-13-19(21)14(2)27(25-13)17-7-4-15(5-8-17)20(28)24-16-6-9-18(22-12-16)26-11-3-10-23-26/h3-12H,1-2H3,(H,24,28). The second-order valence-electron chi connectivity index (χ2n) is 6.25. The molecule has 140 valence electrons. The molecule has 0 unspecified atom stereocenters. The highest BCUT2D eigenvalue weighted by Gasteiger charge is 2.12. The molecule has 0 aliphatic rings. The monoisotopic (exact) mass is 392 g/mol. The van der Waals surface area contributed by atoms with Gasteiger partial charge in [-0.1, -0.05) is 11.6 Å². The zero-order valence-electron chi connectivity index (χ0n) is 15.3. The lowest BCUT2D eigenvalue weighted by Gasteiger charge is -2.08. The van der Waals surface area contributed by atoms with E-state index in [9.17, 15) is 4.79 Å². The van der Waals surface area contributed by atoms with Crippen molar-refractivity contribution in [2.45, 2.75) is 13.8 Å². The van der Waals surface area contributed by atoms with Gasteiger partial charge in [-0.25, -0.2) is 14.3 Å². The van der Waals surface area contributed by atoms with E-state index in [0.717, 1.165) is 17.1 Å². The fourth-order valence-electron chi connectivity index (χ4n) is 2.83. The topological polar surface area (TPSA) is 77.6 Å². The van der Waals surface area contributed by atoms with Crippen LogP contribution in [-0.4, -0.2) is 30.5 Å². The van der Waals surface area contributed by atoms with Crippen LogP contribution in [-0.2, 0) is 0 Å². The third-order valence-corrected chi connectivity index (χ3v) is 4.87. The maximum Gasteiger partial charge on any atom is 0.255 e. The summed E-state index contributed by atoms with van der Waals surface area (Å²) in [5, 5.41) is 12.0. The number of benzene rings is 1. The van der Waals surface area contributed by atoms with Gasteiger partial charge in [0.1, 0.15) is 0 Å². The summed E-state index contributed by atoms with van der Waals surface area (Å²) in [6, 6.07) is 12.6. The highest BCUT2D eigenvalue weighted by molar-refractivity contribution is 6.31. The lowest BCUT2D eigenvalue weighted by molar-refractivity contribution is 0.102. The number of halogens is 1. The van der Waals surface area contributed by atoms with Crippen LogP contribution in [0.2, 0.25) is 5.02 Å². The van der Waals surface area contributed by atoms with Gasteiger partial charge in [0.2, 0.25) is 0 Å². The largest absolute Gasteiger partial charge is 0.321 e. The van der Waals surface area contributed by atoms with Gasteiger partial charge in [0, 0.05) is 18.0 Å². The van der Waals surface area contributed by atoms with Gasteiger partial charge in [-0.15, -0.1) is 0 Å². The Morgan fingerprint density at radius 2 is 1.89 bits per heavy atom. The van der Waals surface area contributed by atoms with Crippen LogP contribution in [0.25, 0.3) is 11.5 Å². The number of amides is 1. The predicted molar refractivity (Wildman–Crippen MR) is 107 cm³/mol. The number of pyridine rings is 1. The van der Waals surface area contributed by atoms with Gasteiger partial charge in [-0.05, 0) is 56.3 Å². The van der Waals surface area contributed by atoms with E-state index < -0.39 is 0 Å². The van der Waals surface area contributed by atoms with Gasteiger partial charge >= 0.3 is 0 Å². The van der Waals surface area contributed by atoms with E-state index in [1.165, 1.54) is 0 Å². The summed E-state index contributed by atoms with van der Waals surface area (Å²) >= 11 is 6.21. The summed E-state index contributed by atoms with van der Waals surface area (Å²) in [4.78, 5) is 16.8. The van der Waals surface area contributed by atoms with Gasteiger partial charge in [-0.2, -0.15) is 10.2 Å². The molecule has 8 heteroatoms. The van der Waals surface area contributed by atoms with E-state index >= 15 is 0 Å². The Bertz CT molecular complexity index is 1110. The van der Waals surface area contributed by atoms with Gasteiger partial charge in [0.15, 0.2) is 5.82 Å². The molecule has 0 radical (unpaired) electrons. The first-order chi connectivity index (χ1) is 13.5. The van der Waals surface area contributed by atoms with E-state index in [4.69, 9.17) is 11.6 Å². The molecule has 3 aromatic heterocycles. The molecule has 0 saturated heterocycles. The number of rotatable bonds is 4. The minimum atomic E-state index is -0.216. The Morgan fingerprint density at radius 1 is 1.11 bits per heavy atom. The van der Waals surface area contributed by atoms with E-state index in [2.05, 4.69) is 20.5 Å². The summed E-state index contributed by atoms with van der Waals surface area (Å²) in [5.41, 5.74) is 3.61. The van der Waals surface area contributed by atoms with Crippen LogP contribution in [0, 0.1) is 13.8 Å². The van der Waals surface area contributed by atoms with E-state index in [0.29, 0.717) is 22.1 Å². The van der Waals surface area contributed by atoms with Crippen LogP contribution in [0.1, 0.15) is 21.7 Å². The molecule has 7 nitrogen and oxygen atoms in total. The van der Waals surface area contributed by atoms with Crippen LogP contribution in [0.3, 0.4) is 0 Å². The molecule has 3 heterocycles. The molecule has 0 bridgehead atoms. The van der Waals surface area contributed by atoms with Crippen molar-refractivity contribution in [3.05, 3.63) is 83.0 Å². The summed E-state index contributed by atoms with van der Waals surface area (Å²) in [6.45, 7) is 3.77. The van der Waals surface area contributed by atoms with Gasteiger partial charge < -0.3 is 5.32 Å². The number of nitrogens with zero attached hydrogens (tertiary/aromatic N) is 5. The molecule has 0 atom stereocenters.